The number of hydrogen-bond acceptors (Lipinski definition) is 4. The lowest BCUT2D eigenvalue weighted by Crippen LogP contribution is -2.32. The number of amides is 1. The van der Waals surface area contributed by atoms with Crippen molar-refractivity contribution in [1.82, 2.24) is 5.32 Å². The van der Waals surface area contributed by atoms with Crippen molar-refractivity contribution in [2.45, 2.75) is 32.9 Å². The monoisotopic (exact) mass is 417 g/mol. The van der Waals surface area contributed by atoms with Gasteiger partial charge in [0.25, 0.3) is 5.91 Å². The first-order valence-electron chi connectivity index (χ1n) is 10.3. The Hall–Kier alpha value is -3.60. The fourth-order valence-corrected chi connectivity index (χ4v) is 3.10. The maximum Gasteiger partial charge on any atom is 0.338 e. The normalized spacial score (nSPS) is 11.4. The van der Waals surface area contributed by atoms with E-state index < -0.39 is 5.97 Å². The van der Waals surface area contributed by atoms with Crippen molar-refractivity contribution in [3.8, 4) is 5.75 Å². The van der Waals surface area contributed by atoms with E-state index in [0.29, 0.717) is 17.9 Å². The van der Waals surface area contributed by atoms with Gasteiger partial charge in [0.1, 0.15) is 12.4 Å². The molecule has 1 amide bonds. The number of esters is 1. The largest absolute Gasteiger partial charge is 0.489 e. The molecule has 0 spiro atoms. The Kier molecular flexibility index (Phi) is 7.82. The van der Waals surface area contributed by atoms with Crippen molar-refractivity contribution in [1.29, 1.82) is 0 Å². The fraction of sp³-hybridized carbons (Fsp3) is 0.231. The number of carbonyl (C=O) groups excluding carboxylic acids is 2. The summed E-state index contributed by atoms with van der Waals surface area (Å²) in [6.45, 7) is 4.14. The molecule has 0 saturated carbocycles. The number of carbonyl (C=O) groups is 2. The molecular weight excluding hydrogens is 390 g/mol. The molecule has 0 heterocycles. The third kappa shape index (κ3) is 6.71. The summed E-state index contributed by atoms with van der Waals surface area (Å²) in [6.07, 6.45) is 0.743. The fourth-order valence-electron chi connectivity index (χ4n) is 3.10. The van der Waals surface area contributed by atoms with Gasteiger partial charge >= 0.3 is 5.97 Å². The molecule has 0 aliphatic carbocycles. The molecule has 1 N–H and O–H groups in total. The summed E-state index contributed by atoms with van der Waals surface area (Å²) in [7, 11) is 0. The zero-order chi connectivity index (χ0) is 22.1. The third-order valence-corrected chi connectivity index (χ3v) is 4.90. The summed E-state index contributed by atoms with van der Waals surface area (Å²) >= 11 is 0. The van der Waals surface area contributed by atoms with Gasteiger partial charge in [0.05, 0.1) is 11.6 Å². The molecule has 0 bridgehead atoms. The van der Waals surface area contributed by atoms with Crippen LogP contribution < -0.4 is 10.1 Å². The van der Waals surface area contributed by atoms with Crippen molar-refractivity contribution in [2.24, 2.45) is 0 Å². The van der Waals surface area contributed by atoms with Crippen LogP contribution in [0, 0.1) is 6.92 Å². The van der Waals surface area contributed by atoms with Crippen molar-refractivity contribution >= 4 is 11.9 Å². The van der Waals surface area contributed by atoms with Crippen molar-refractivity contribution in [2.75, 3.05) is 6.61 Å². The molecule has 0 radical (unpaired) electrons. The maximum absolute atomic E-state index is 12.3. The molecule has 0 aliphatic rings. The highest BCUT2D eigenvalue weighted by Crippen LogP contribution is 2.17. The zero-order valence-corrected chi connectivity index (χ0v) is 17.8. The van der Waals surface area contributed by atoms with Gasteiger partial charge in [-0.15, -0.1) is 0 Å². The van der Waals surface area contributed by atoms with Gasteiger partial charge < -0.3 is 14.8 Å². The first kappa shape index (κ1) is 22.1. The Bertz CT molecular complexity index is 982. The van der Waals surface area contributed by atoms with Crippen LogP contribution in [0.15, 0.2) is 78.9 Å². The topological polar surface area (TPSA) is 64.6 Å². The highest BCUT2D eigenvalue weighted by atomic mass is 16.5. The predicted molar refractivity (Wildman–Crippen MR) is 120 cm³/mol. The summed E-state index contributed by atoms with van der Waals surface area (Å²) in [6, 6.07) is 24.4. The summed E-state index contributed by atoms with van der Waals surface area (Å²) in [5.41, 5.74) is 3.62. The van der Waals surface area contributed by atoms with Gasteiger partial charge in [0, 0.05) is 0 Å². The highest BCUT2D eigenvalue weighted by molar-refractivity contribution is 5.91. The third-order valence-electron chi connectivity index (χ3n) is 4.90. The Labute approximate surface area is 183 Å². The zero-order valence-electron chi connectivity index (χ0n) is 17.8. The van der Waals surface area contributed by atoms with Crippen molar-refractivity contribution in [3.05, 3.63) is 101 Å². The van der Waals surface area contributed by atoms with Crippen LogP contribution in [0.3, 0.4) is 0 Å². The van der Waals surface area contributed by atoms with E-state index in [2.05, 4.69) is 5.32 Å². The standard InChI is InChI=1S/C26H27NO4/c1-3-24(21-11-9-19(2)10-12-21)27-25(28)18-31-26(29)22-13-15-23(16-14-22)30-17-20-7-5-4-6-8-20/h4-16,24H,3,17-18H2,1-2H3,(H,27,28)/t24-/m1/s1. The number of aryl methyl sites for hydroxylation is 1. The molecule has 0 aromatic heterocycles. The van der Waals surface area contributed by atoms with Gasteiger partial charge in [0.15, 0.2) is 6.61 Å². The minimum Gasteiger partial charge on any atom is -0.489 e. The average molecular weight is 418 g/mol. The van der Waals surface area contributed by atoms with E-state index in [1.807, 2.05) is 68.4 Å². The van der Waals surface area contributed by atoms with Crippen LogP contribution in [-0.2, 0) is 16.1 Å². The van der Waals surface area contributed by atoms with E-state index in [4.69, 9.17) is 9.47 Å². The van der Waals surface area contributed by atoms with Crippen LogP contribution in [0.25, 0.3) is 0 Å². The van der Waals surface area contributed by atoms with Crippen LogP contribution in [0.1, 0.15) is 46.4 Å². The smallest absolute Gasteiger partial charge is 0.338 e. The molecule has 3 rings (SSSR count). The second kappa shape index (κ2) is 11.0. The van der Waals surface area contributed by atoms with E-state index in [1.54, 1.807) is 24.3 Å². The van der Waals surface area contributed by atoms with Gasteiger partial charge in [-0.25, -0.2) is 4.79 Å². The molecule has 0 unspecified atom stereocenters. The van der Waals surface area contributed by atoms with E-state index in [9.17, 15) is 9.59 Å². The minimum absolute atomic E-state index is 0.118. The van der Waals surface area contributed by atoms with Crippen LogP contribution in [0.4, 0.5) is 0 Å². The lowest BCUT2D eigenvalue weighted by molar-refractivity contribution is -0.125. The van der Waals surface area contributed by atoms with Gasteiger partial charge in [-0.3, -0.25) is 4.79 Å². The number of hydrogen-bond donors (Lipinski definition) is 1. The Morgan fingerprint density at radius 3 is 2.23 bits per heavy atom. The average Bonchev–Trinajstić information content (AvgIpc) is 2.81. The summed E-state index contributed by atoms with van der Waals surface area (Å²) in [4.78, 5) is 24.5. The Morgan fingerprint density at radius 2 is 1.58 bits per heavy atom. The first-order valence-corrected chi connectivity index (χ1v) is 10.3. The lowest BCUT2D eigenvalue weighted by Gasteiger charge is -2.17. The molecular formula is C26H27NO4. The maximum atomic E-state index is 12.3. The van der Waals surface area contributed by atoms with Crippen molar-refractivity contribution < 1.29 is 19.1 Å². The number of rotatable bonds is 9. The molecule has 160 valence electrons. The molecule has 5 heteroatoms. The van der Waals surface area contributed by atoms with Gasteiger partial charge in [-0.05, 0) is 48.7 Å². The van der Waals surface area contributed by atoms with Gasteiger partial charge in [-0.2, -0.15) is 0 Å². The van der Waals surface area contributed by atoms with E-state index >= 15 is 0 Å². The molecule has 0 saturated heterocycles. The number of benzene rings is 3. The van der Waals surface area contributed by atoms with Crippen LogP contribution in [-0.4, -0.2) is 18.5 Å². The SMILES string of the molecule is CC[C@@H](NC(=O)COC(=O)c1ccc(OCc2ccccc2)cc1)c1ccc(C)cc1. The Morgan fingerprint density at radius 1 is 0.903 bits per heavy atom. The summed E-state index contributed by atoms with van der Waals surface area (Å²) in [5, 5.41) is 2.91. The van der Waals surface area contributed by atoms with Crippen LogP contribution in [0.5, 0.6) is 5.75 Å². The molecule has 5 nitrogen and oxygen atoms in total. The molecule has 0 aliphatic heterocycles. The quantitative estimate of drug-likeness (QED) is 0.498. The van der Waals surface area contributed by atoms with E-state index in [1.165, 1.54) is 0 Å². The summed E-state index contributed by atoms with van der Waals surface area (Å²) in [5.74, 6) is -0.223. The minimum atomic E-state index is -0.548. The summed E-state index contributed by atoms with van der Waals surface area (Å²) < 4.78 is 10.9. The second-order valence-electron chi connectivity index (χ2n) is 7.31. The molecule has 0 fully saturated rings. The molecule has 1 atom stereocenters. The molecule has 3 aromatic rings. The van der Waals surface area contributed by atoms with Crippen molar-refractivity contribution in [3.63, 3.8) is 0 Å². The van der Waals surface area contributed by atoms with Crippen LogP contribution >= 0.6 is 0 Å². The van der Waals surface area contributed by atoms with E-state index in [0.717, 1.165) is 23.1 Å². The lowest BCUT2D eigenvalue weighted by atomic mass is 10.0. The molecule has 31 heavy (non-hydrogen) atoms. The number of ether oxygens (including phenoxy) is 2. The highest BCUT2D eigenvalue weighted by Gasteiger charge is 2.15. The van der Waals surface area contributed by atoms with E-state index in [-0.39, 0.29) is 18.6 Å². The van der Waals surface area contributed by atoms with Crippen LogP contribution in [0.2, 0.25) is 0 Å². The Balaban J connectivity index is 1.47. The van der Waals surface area contributed by atoms with Gasteiger partial charge in [-0.1, -0.05) is 67.1 Å². The molecule has 3 aromatic carbocycles. The second-order valence-corrected chi connectivity index (χ2v) is 7.31. The number of nitrogens with one attached hydrogen (secondary N) is 1. The predicted octanol–water partition coefficient (Wildman–Crippen LogP) is 5.00. The van der Waals surface area contributed by atoms with Gasteiger partial charge in [0.2, 0.25) is 0 Å². The first-order chi connectivity index (χ1) is 15.0.